The number of piperidine rings is 1. The van der Waals surface area contributed by atoms with E-state index in [2.05, 4.69) is 5.32 Å². The van der Waals surface area contributed by atoms with Gasteiger partial charge in [-0.25, -0.2) is 12.7 Å². The summed E-state index contributed by atoms with van der Waals surface area (Å²) in [5.41, 5.74) is 1.78. The predicted octanol–water partition coefficient (Wildman–Crippen LogP) is 4.30. The first kappa shape index (κ1) is 24.0. The Kier molecular flexibility index (Phi) is 7.28. The van der Waals surface area contributed by atoms with Crippen molar-refractivity contribution in [1.82, 2.24) is 4.31 Å². The maximum atomic E-state index is 13.0. The number of benzene rings is 2. The fraction of sp³-hybridized carbons (Fsp3) is 0.391. The average molecular weight is 510 g/mol. The van der Waals surface area contributed by atoms with E-state index in [1.807, 2.05) is 12.1 Å². The Morgan fingerprint density at radius 3 is 2.36 bits per heavy atom. The second kappa shape index (κ2) is 10.0. The fourth-order valence-electron chi connectivity index (χ4n) is 4.24. The number of carbonyl (C=O) groups is 2. The van der Waals surface area contributed by atoms with Crippen molar-refractivity contribution in [2.75, 3.05) is 29.9 Å². The topological polar surface area (TPSA) is 86.8 Å². The van der Waals surface area contributed by atoms with Crippen molar-refractivity contribution in [3.05, 3.63) is 58.1 Å². The second-order valence-electron chi connectivity index (χ2n) is 8.34. The van der Waals surface area contributed by atoms with Crippen LogP contribution >= 0.6 is 23.2 Å². The minimum Gasteiger partial charge on any atom is -0.326 e. The molecule has 2 aromatic carbocycles. The molecule has 2 aromatic rings. The van der Waals surface area contributed by atoms with E-state index in [1.54, 1.807) is 35.2 Å². The molecule has 10 heteroatoms. The van der Waals surface area contributed by atoms with Crippen LogP contribution in [0.15, 0.2) is 42.5 Å². The Morgan fingerprint density at radius 1 is 1.03 bits per heavy atom. The number of hydrogen-bond donors (Lipinski definition) is 1. The molecule has 2 aliphatic heterocycles. The van der Waals surface area contributed by atoms with Crippen molar-refractivity contribution in [2.45, 2.75) is 31.4 Å². The maximum Gasteiger partial charge on any atom is 0.228 e. The van der Waals surface area contributed by atoms with Crippen LogP contribution in [0.25, 0.3) is 0 Å². The van der Waals surface area contributed by atoms with Crippen LogP contribution < -0.4 is 10.2 Å². The van der Waals surface area contributed by atoms with E-state index in [0.29, 0.717) is 53.6 Å². The summed E-state index contributed by atoms with van der Waals surface area (Å²) in [6.45, 7) is 1.17. The Balaban J connectivity index is 1.39. The van der Waals surface area contributed by atoms with Gasteiger partial charge in [0.25, 0.3) is 0 Å². The molecule has 2 heterocycles. The number of nitrogens with one attached hydrogen (secondary N) is 1. The zero-order valence-corrected chi connectivity index (χ0v) is 20.3. The molecule has 0 bridgehead atoms. The minimum absolute atomic E-state index is 0.105. The summed E-state index contributed by atoms with van der Waals surface area (Å²) in [4.78, 5) is 26.5. The number of hydrogen-bond acceptors (Lipinski definition) is 4. The van der Waals surface area contributed by atoms with Gasteiger partial charge in [-0.2, -0.15) is 0 Å². The summed E-state index contributed by atoms with van der Waals surface area (Å²) >= 11 is 12.3. The standard InChI is InChI=1S/C23H25Cl2N3O4S/c24-20-5-1-6-21(25)19(20)15-33(31,32)27-12-2-4-16(14-27)23(30)26-17-8-10-18(11-9-17)28-13-3-7-22(28)29/h1,5-6,8-11,16H,2-4,7,12-15H2,(H,26,30)/t16-/m0/s1. The van der Waals surface area contributed by atoms with Crippen LogP contribution in [0.3, 0.4) is 0 Å². The largest absolute Gasteiger partial charge is 0.326 e. The van der Waals surface area contributed by atoms with Gasteiger partial charge < -0.3 is 10.2 Å². The molecule has 2 saturated heterocycles. The summed E-state index contributed by atoms with van der Waals surface area (Å²) in [5, 5.41) is 3.48. The van der Waals surface area contributed by atoms with E-state index >= 15 is 0 Å². The van der Waals surface area contributed by atoms with Crippen molar-refractivity contribution in [2.24, 2.45) is 5.92 Å². The summed E-state index contributed by atoms with van der Waals surface area (Å²) in [7, 11) is -3.69. The van der Waals surface area contributed by atoms with Gasteiger partial charge in [-0.05, 0) is 55.7 Å². The summed E-state index contributed by atoms with van der Waals surface area (Å²) in [5.74, 6) is -0.893. The highest BCUT2D eigenvalue weighted by atomic mass is 35.5. The van der Waals surface area contributed by atoms with Crippen LogP contribution in [0, 0.1) is 5.92 Å². The second-order valence-corrected chi connectivity index (χ2v) is 11.1. The third-order valence-corrected chi connectivity index (χ3v) is 8.54. The van der Waals surface area contributed by atoms with Crippen molar-refractivity contribution < 1.29 is 18.0 Å². The number of amides is 2. The Bertz CT molecular complexity index is 1130. The zero-order chi connectivity index (χ0) is 23.6. The number of halogens is 2. The van der Waals surface area contributed by atoms with E-state index in [-0.39, 0.29) is 24.1 Å². The van der Waals surface area contributed by atoms with Crippen LogP contribution in [0.4, 0.5) is 11.4 Å². The van der Waals surface area contributed by atoms with E-state index in [4.69, 9.17) is 23.2 Å². The SMILES string of the molecule is O=C(Nc1ccc(N2CCCC2=O)cc1)[C@H]1CCCN(S(=O)(=O)Cc2c(Cl)cccc2Cl)C1. The minimum atomic E-state index is -3.69. The Morgan fingerprint density at radius 2 is 1.73 bits per heavy atom. The molecule has 0 aromatic heterocycles. The average Bonchev–Trinajstić information content (AvgIpc) is 3.23. The quantitative estimate of drug-likeness (QED) is 0.628. The fourth-order valence-corrected chi connectivity index (χ4v) is 6.61. The molecular formula is C23H25Cl2N3O4S. The van der Waals surface area contributed by atoms with Crippen LogP contribution in [0.1, 0.15) is 31.2 Å². The highest BCUT2D eigenvalue weighted by Crippen LogP contribution is 2.29. The summed E-state index contributed by atoms with van der Waals surface area (Å²) in [6.07, 6.45) is 2.60. The van der Waals surface area contributed by atoms with Gasteiger partial charge in [-0.3, -0.25) is 9.59 Å². The van der Waals surface area contributed by atoms with Gasteiger partial charge >= 0.3 is 0 Å². The first-order valence-electron chi connectivity index (χ1n) is 10.9. The molecule has 0 radical (unpaired) electrons. The molecule has 176 valence electrons. The normalized spacial score (nSPS) is 19.6. The van der Waals surface area contributed by atoms with Crippen molar-refractivity contribution in [3.8, 4) is 0 Å². The lowest BCUT2D eigenvalue weighted by atomic mass is 9.98. The van der Waals surface area contributed by atoms with Crippen LogP contribution in [0.5, 0.6) is 0 Å². The van der Waals surface area contributed by atoms with Gasteiger partial charge in [0.15, 0.2) is 0 Å². The molecule has 1 N–H and O–H groups in total. The predicted molar refractivity (Wildman–Crippen MR) is 130 cm³/mol. The maximum absolute atomic E-state index is 13.0. The monoisotopic (exact) mass is 509 g/mol. The van der Waals surface area contributed by atoms with Crippen molar-refractivity contribution in [3.63, 3.8) is 0 Å². The molecular weight excluding hydrogens is 485 g/mol. The van der Waals surface area contributed by atoms with E-state index in [9.17, 15) is 18.0 Å². The highest BCUT2D eigenvalue weighted by Gasteiger charge is 2.33. The lowest BCUT2D eigenvalue weighted by Gasteiger charge is -2.31. The lowest BCUT2D eigenvalue weighted by Crippen LogP contribution is -2.44. The van der Waals surface area contributed by atoms with E-state index < -0.39 is 15.9 Å². The van der Waals surface area contributed by atoms with Crippen LogP contribution in [-0.4, -0.2) is 44.2 Å². The summed E-state index contributed by atoms with van der Waals surface area (Å²) in [6, 6.07) is 12.0. The number of anilines is 2. The Hall–Kier alpha value is -2.13. The Labute approximate surface area is 203 Å². The molecule has 0 aliphatic carbocycles. The number of rotatable bonds is 6. The molecule has 2 aliphatic rings. The van der Waals surface area contributed by atoms with Gasteiger partial charge in [0, 0.05) is 53.0 Å². The van der Waals surface area contributed by atoms with Crippen molar-refractivity contribution >= 4 is 56.4 Å². The zero-order valence-electron chi connectivity index (χ0n) is 18.0. The first-order valence-corrected chi connectivity index (χ1v) is 13.2. The smallest absolute Gasteiger partial charge is 0.228 e. The van der Waals surface area contributed by atoms with Gasteiger partial charge in [-0.15, -0.1) is 0 Å². The molecule has 1 atom stereocenters. The van der Waals surface area contributed by atoms with E-state index in [0.717, 1.165) is 12.1 Å². The molecule has 2 fully saturated rings. The molecule has 4 rings (SSSR count). The molecule has 0 unspecified atom stereocenters. The number of carbonyl (C=O) groups excluding carboxylic acids is 2. The third kappa shape index (κ3) is 5.51. The molecule has 0 spiro atoms. The third-order valence-electron chi connectivity index (χ3n) is 6.06. The van der Waals surface area contributed by atoms with Gasteiger partial charge in [0.2, 0.25) is 21.8 Å². The van der Waals surface area contributed by atoms with Crippen LogP contribution in [0.2, 0.25) is 10.0 Å². The summed E-state index contributed by atoms with van der Waals surface area (Å²) < 4.78 is 27.4. The van der Waals surface area contributed by atoms with E-state index in [1.165, 1.54) is 4.31 Å². The van der Waals surface area contributed by atoms with Crippen molar-refractivity contribution in [1.29, 1.82) is 0 Å². The number of nitrogens with zero attached hydrogens (tertiary/aromatic N) is 2. The molecule has 7 nitrogen and oxygen atoms in total. The number of sulfonamides is 1. The first-order chi connectivity index (χ1) is 15.7. The lowest BCUT2D eigenvalue weighted by molar-refractivity contribution is -0.121. The molecule has 33 heavy (non-hydrogen) atoms. The van der Waals surface area contributed by atoms with Gasteiger partial charge in [0.1, 0.15) is 0 Å². The van der Waals surface area contributed by atoms with Gasteiger partial charge in [0.05, 0.1) is 11.7 Å². The highest BCUT2D eigenvalue weighted by molar-refractivity contribution is 7.88. The van der Waals surface area contributed by atoms with Gasteiger partial charge in [-0.1, -0.05) is 29.3 Å². The van der Waals surface area contributed by atoms with Crippen LogP contribution in [-0.2, 0) is 25.4 Å². The molecule has 2 amide bonds. The molecule has 0 saturated carbocycles.